The van der Waals surface area contributed by atoms with Gasteiger partial charge in [-0.15, -0.1) is 0 Å². The molecule has 0 aliphatic carbocycles. The first-order chi connectivity index (χ1) is 16.9. The van der Waals surface area contributed by atoms with Crippen LogP contribution in [0.1, 0.15) is 43.4 Å². The van der Waals surface area contributed by atoms with Gasteiger partial charge in [-0.3, -0.25) is 9.59 Å². The molecule has 1 aromatic heterocycles. The Morgan fingerprint density at radius 3 is 2.42 bits per heavy atom. The van der Waals surface area contributed by atoms with Crippen molar-refractivity contribution >= 4 is 11.8 Å². The molecule has 0 saturated carbocycles. The number of amides is 2. The van der Waals surface area contributed by atoms with E-state index in [0.29, 0.717) is 44.4 Å². The van der Waals surface area contributed by atoms with E-state index in [1.165, 1.54) is 0 Å². The Morgan fingerprint density at radius 2 is 1.78 bits per heavy atom. The lowest BCUT2D eigenvalue weighted by Gasteiger charge is -2.42. The molecule has 0 spiro atoms. The number of hydrogen-bond acceptors (Lipinski definition) is 5. The first-order valence-corrected chi connectivity index (χ1v) is 12.0. The number of hydrogen-bond donors (Lipinski definition) is 1. The normalized spacial score (nSPS) is 17.8. The number of imidazole rings is 1. The molecule has 4 rings (SSSR count). The average Bonchev–Trinajstić information content (AvgIpc) is 2.98. The summed E-state index contributed by atoms with van der Waals surface area (Å²) in [5.74, 6) is -4.24. The van der Waals surface area contributed by atoms with Gasteiger partial charge < -0.3 is 24.4 Å². The summed E-state index contributed by atoms with van der Waals surface area (Å²) < 4.78 is 49.3. The molecule has 1 atom stereocenters. The van der Waals surface area contributed by atoms with E-state index in [0.717, 1.165) is 12.6 Å². The third-order valence-electron chi connectivity index (χ3n) is 6.76. The Bertz CT molecular complexity index is 1170. The van der Waals surface area contributed by atoms with Crippen LogP contribution in [0, 0.1) is 22.9 Å². The molecule has 36 heavy (non-hydrogen) atoms. The van der Waals surface area contributed by atoms with Gasteiger partial charge in [0.2, 0.25) is 5.91 Å². The summed E-state index contributed by atoms with van der Waals surface area (Å²) in [6, 6.07) is 0.393. The Morgan fingerprint density at radius 1 is 1.11 bits per heavy atom. The highest BCUT2D eigenvalue weighted by Gasteiger charge is 2.41. The summed E-state index contributed by atoms with van der Waals surface area (Å²) in [4.78, 5) is 34.9. The van der Waals surface area contributed by atoms with Gasteiger partial charge in [-0.2, -0.15) is 0 Å². The molecule has 1 fully saturated rings. The van der Waals surface area contributed by atoms with Gasteiger partial charge in [-0.1, -0.05) is 20.8 Å². The number of nitrogens with one attached hydrogen (secondary N) is 1. The van der Waals surface area contributed by atoms with Crippen molar-refractivity contribution in [3.8, 4) is 11.4 Å². The monoisotopic (exact) mass is 507 g/mol. The Hall–Kier alpha value is -2.92. The van der Waals surface area contributed by atoms with Crippen LogP contribution in [-0.4, -0.2) is 77.1 Å². The lowest BCUT2D eigenvalue weighted by atomic mass is 9.85. The summed E-state index contributed by atoms with van der Waals surface area (Å²) in [5, 5.41) is 2.85. The zero-order valence-electron chi connectivity index (χ0n) is 21.2. The minimum absolute atomic E-state index is 0.0294. The van der Waals surface area contributed by atoms with Crippen LogP contribution in [0.4, 0.5) is 13.2 Å². The second kappa shape index (κ2) is 9.85. The quantitative estimate of drug-likeness (QED) is 0.630. The van der Waals surface area contributed by atoms with Gasteiger partial charge in [0, 0.05) is 39.4 Å². The predicted octanol–water partition coefficient (Wildman–Crippen LogP) is 2.80. The zero-order chi connectivity index (χ0) is 26.4. The number of methoxy groups -OCH3 is 1. The van der Waals surface area contributed by atoms with E-state index in [4.69, 9.17) is 4.74 Å². The number of carbonyl (C=O) groups is 2. The fourth-order valence-electron chi connectivity index (χ4n) is 4.60. The van der Waals surface area contributed by atoms with E-state index in [9.17, 15) is 22.8 Å². The third kappa shape index (κ3) is 4.99. The van der Waals surface area contributed by atoms with Gasteiger partial charge in [0.05, 0.1) is 17.4 Å². The molecule has 0 bridgehead atoms. The highest BCUT2D eigenvalue weighted by molar-refractivity contribution is 5.98. The van der Waals surface area contributed by atoms with E-state index >= 15 is 0 Å². The maximum absolute atomic E-state index is 14.7. The van der Waals surface area contributed by atoms with Gasteiger partial charge in [-0.05, 0) is 31.5 Å². The number of benzene rings is 1. The second-order valence-electron chi connectivity index (χ2n) is 10.6. The Labute approximate surface area is 208 Å². The molecule has 1 N–H and O–H groups in total. The van der Waals surface area contributed by atoms with E-state index < -0.39 is 34.8 Å². The first-order valence-electron chi connectivity index (χ1n) is 12.0. The summed E-state index contributed by atoms with van der Waals surface area (Å²) in [6.07, 6.45) is 0.663. The van der Waals surface area contributed by atoms with Crippen LogP contribution in [0.5, 0.6) is 0 Å². The SMILES string of the molecule is COC1CN(C(=O)[C@@H](NC(=O)c2nc(-c3cc(F)c(F)cc3F)n3c2CN(C)CCC3)C(C)(C)C)C1. The zero-order valence-corrected chi connectivity index (χ0v) is 21.2. The first kappa shape index (κ1) is 26.2. The summed E-state index contributed by atoms with van der Waals surface area (Å²) in [6.45, 7) is 7.94. The van der Waals surface area contributed by atoms with Gasteiger partial charge in [0.15, 0.2) is 17.3 Å². The van der Waals surface area contributed by atoms with Crippen LogP contribution < -0.4 is 5.32 Å². The van der Waals surface area contributed by atoms with Crippen LogP contribution in [0.3, 0.4) is 0 Å². The highest BCUT2D eigenvalue weighted by atomic mass is 19.2. The molecule has 8 nitrogen and oxygen atoms in total. The number of ether oxygens (including phenoxy) is 1. The largest absolute Gasteiger partial charge is 0.378 e. The molecule has 1 aromatic carbocycles. The molecule has 196 valence electrons. The van der Waals surface area contributed by atoms with Gasteiger partial charge in [0.25, 0.3) is 5.91 Å². The molecule has 2 aliphatic heterocycles. The topological polar surface area (TPSA) is 79.7 Å². The molecule has 2 aliphatic rings. The molecule has 1 saturated heterocycles. The van der Waals surface area contributed by atoms with E-state index in [1.807, 2.05) is 32.7 Å². The van der Waals surface area contributed by atoms with Crippen molar-refractivity contribution in [1.82, 2.24) is 24.7 Å². The average molecular weight is 508 g/mol. The Kier molecular flexibility index (Phi) is 7.16. The van der Waals surface area contributed by atoms with Crippen molar-refractivity contribution in [3.63, 3.8) is 0 Å². The number of carbonyl (C=O) groups excluding carboxylic acids is 2. The number of rotatable bonds is 5. The summed E-state index contributed by atoms with van der Waals surface area (Å²) in [7, 11) is 3.48. The number of halogens is 3. The molecule has 2 amide bonds. The predicted molar refractivity (Wildman–Crippen MR) is 127 cm³/mol. The summed E-state index contributed by atoms with van der Waals surface area (Å²) in [5.41, 5.74) is -0.278. The van der Waals surface area contributed by atoms with Gasteiger partial charge in [-0.25, -0.2) is 18.2 Å². The number of nitrogens with zero attached hydrogens (tertiary/aromatic N) is 4. The fraction of sp³-hybridized carbons (Fsp3) is 0.560. The van der Waals surface area contributed by atoms with Crippen molar-refractivity contribution < 1.29 is 27.5 Å². The van der Waals surface area contributed by atoms with Crippen LogP contribution in [-0.2, 0) is 22.6 Å². The van der Waals surface area contributed by atoms with E-state index in [2.05, 4.69) is 10.3 Å². The Balaban J connectivity index is 1.71. The number of fused-ring (bicyclic) bond motifs is 1. The molecule has 0 radical (unpaired) electrons. The molecular formula is C25H32F3N5O3. The van der Waals surface area contributed by atoms with Crippen molar-refractivity contribution in [2.24, 2.45) is 5.41 Å². The van der Waals surface area contributed by atoms with Crippen LogP contribution in [0.25, 0.3) is 11.4 Å². The van der Waals surface area contributed by atoms with Gasteiger partial charge in [0.1, 0.15) is 17.7 Å². The maximum Gasteiger partial charge on any atom is 0.272 e. The van der Waals surface area contributed by atoms with Crippen molar-refractivity contribution in [2.45, 2.75) is 52.4 Å². The molecule has 3 heterocycles. The van der Waals surface area contributed by atoms with Crippen molar-refractivity contribution in [3.05, 3.63) is 41.0 Å². The van der Waals surface area contributed by atoms with E-state index in [1.54, 1.807) is 16.6 Å². The second-order valence-corrected chi connectivity index (χ2v) is 10.6. The van der Waals surface area contributed by atoms with Crippen LogP contribution >= 0.6 is 0 Å². The molecule has 0 unspecified atom stereocenters. The van der Waals surface area contributed by atoms with Crippen molar-refractivity contribution in [2.75, 3.05) is 33.8 Å². The van der Waals surface area contributed by atoms with E-state index in [-0.39, 0.29) is 29.1 Å². The third-order valence-corrected chi connectivity index (χ3v) is 6.76. The van der Waals surface area contributed by atoms with Crippen molar-refractivity contribution in [1.29, 1.82) is 0 Å². The minimum atomic E-state index is -1.30. The smallest absolute Gasteiger partial charge is 0.272 e. The van der Waals surface area contributed by atoms with Crippen LogP contribution in [0.15, 0.2) is 12.1 Å². The number of aromatic nitrogens is 2. The fourth-order valence-corrected chi connectivity index (χ4v) is 4.60. The highest BCUT2D eigenvalue weighted by Crippen LogP contribution is 2.30. The lowest BCUT2D eigenvalue weighted by molar-refractivity contribution is -0.147. The number of likely N-dealkylation sites (tertiary alicyclic amines) is 1. The maximum atomic E-state index is 14.7. The minimum Gasteiger partial charge on any atom is -0.378 e. The molecule has 2 aromatic rings. The van der Waals surface area contributed by atoms with Gasteiger partial charge >= 0.3 is 0 Å². The lowest BCUT2D eigenvalue weighted by Crippen LogP contribution is -2.62. The molecule has 11 heteroatoms. The summed E-state index contributed by atoms with van der Waals surface area (Å²) >= 11 is 0. The molecular weight excluding hydrogens is 475 g/mol. The van der Waals surface area contributed by atoms with Crippen LogP contribution in [0.2, 0.25) is 0 Å². The standard InChI is InChI=1S/C25H32F3N5O3/c1-25(2,3)21(24(35)32-11-14(12-32)36-5)30-23(34)20-19-13-31(4)7-6-8-33(19)22(29-20)15-9-17(27)18(28)10-16(15)26/h9-10,14,21H,6-8,11-13H2,1-5H3,(H,30,34)/t21-/m1/s1.